The van der Waals surface area contributed by atoms with Crippen LogP contribution in [0.5, 0.6) is 0 Å². The van der Waals surface area contributed by atoms with Crippen molar-refractivity contribution >= 4 is 55.2 Å². The van der Waals surface area contributed by atoms with Crippen LogP contribution in [0.25, 0.3) is 32.1 Å². The van der Waals surface area contributed by atoms with E-state index in [1.54, 1.807) is 9.58 Å². The molecular formula is C26H18F8N6O5S. The monoisotopic (exact) mass is 678 g/mol. The quantitative estimate of drug-likeness (QED) is 0.214. The number of hydrogen-bond acceptors (Lipinski definition) is 8. The zero-order valence-corrected chi connectivity index (χ0v) is 23.4. The molecule has 46 heavy (non-hydrogen) atoms. The summed E-state index contributed by atoms with van der Waals surface area (Å²) in [4.78, 5) is 32.9. The average Bonchev–Trinajstić information content (AvgIpc) is 3.50. The molecule has 2 aromatic carbocycles. The Bertz CT molecular complexity index is 1890. The number of alkyl halides is 6. The van der Waals surface area contributed by atoms with Crippen molar-refractivity contribution in [1.82, 2.24) is 20.0 Å². The van der Waals surface area contributed by atoms with Crippen LogP contribution < -0.4 is 11.1 Å². The fraction of sp³-hybridized carbons (Fsp3) is 0.269. The Balaban J connectivity index is 0.000000289. The van der Waals surface area contributed by atoms with E-state index in [2.05, 4.69) is 10.4 Å². The molecule has 0 spiro atoms. The summed E-state index contributed by atoms with van der Waals surface area (Å²) in [5, 5.41) is 32.5. The first kappa shape index (κ1) is 33.9. The molecule has 1 saturated heterocycles. The van der Waals surface area contributed by atoms with Crippen LogP contribution in [0.15, 0.2) is 24.4 Å². The maximum absolute atomic E-state index is 15.7. The molecule has 1 amide bonds. The van der Waals surface area contributed by atoms with Gasteiger partial charge >= 0.3 is 24.3 Å². The Morgan fingerprint density at radius 1 is 1.07 bits per heavy atom. The molecule has 0 bridgehead atoms. The van der Waals surface area contributed by atoms with Crippen molar-refractivity contribution in [3.8, 4) is 17.2 Å². The fourth-order valence-electron chi connectivity index (χ4n) is 4.88. The van der Waals surface area contributed by atoms with E-state index in [9.17, 15) is 40.8 Å². The minimum absolute atomic E-state index is 0.0855. The summed E-state index contributed by atoms with van der Waals surface area (Å²) < 4.78 is 95.6. The van der Waals surface area contributed by atoms with Gasteiger partial charge in [-0.1, -0.05) is 6.07 Å². The molecule has 5 N–H and O–H groups in total. The number of rotatable bonds is 1. The number of anilines is 1. The molecule has 4 heterocycles. The third-order valence-corrected chi connectivity index (χ3v) is 7.81. The predicted octanol–water partition coefficient (Wildman–Crippen LogP) is 4.34. The second kappa shape index (κ2) is 12.4. The number of carbonyl (C=O) groups excluding carboxylic acids is 1. The number of carbonyl (C=O) groups is 3. The van der Waals surface area contributed by atoms with Gasteiger partial charge in [0.1, 0.15) is 22.7 Å². The summed E-state index contributed by atoms with van der Waals surface area (Å²) in [6.07, 6.45) is -8.63. The molecule has 20 heteroatoms. The number of aliphatic carboxylic acids is 2. The number of halogens is 8. The summed E-state index contributed by atoms with van der Waals surface area (Å²) >= 11 is 0.961. The van der Waals surface area contributed by atoms with Gasteiger partial charge in [-0.15, -0.1) is 11.3 Å². The Hall–Kier alpha value is -5.03. The first-order valence-electron chi connectivity index (χ1n) is 12.6. The highest BCUT2D eigenvalue weighted by molar-refractivity contribution is 7.23. The van der Waals surface area contributed by atoms with Gasteiger partial charge in [0, 0.05) is 36.0 Å². The van der Waals surface area contributed by atoms with Crippen LogP contribution in [0.4, 0.5) is 40.1 Å². The minimum atomic E-state index is -5.08. The smallest absolute Gasteiger partial charge is 0.475 e. The summed E-state index contributed by atoms with van der Waals surface area (Å²) in [5.74, 6) is -6.90. The van der Waals surface area contributed by atoms with Crippen molar-refractivity contribution < 1.29 is 59.7 Å². The lowest BCUT2D eigenvalue weighted by molar-refractivity contribution is -0.193. The Morgan fingerprint density at radius 3 is 2.24 bits per heavy atom. The van der Waals surface area contributed by atoms with E-state index in [1.807, 2.05) is 6.07 Å². The normalized spacial score (nSPS) is 16.0. The highest BCUT2D eigenvalue weighted by atomic mass is 32.1. The van der Waals surface area contributed by atoms with Crippen molar-refractivity contribution in [3.05, 3.63) is 47.2 Å². The number of nitrogens with two attached hydrogens (primary N) is 1. The van der Waals surface area contributed by atoms with Crippen molar-refractivity contribution in [2.45, 2.75) is 24.9 Å². The van der Waals surface area contributed by atoms with E-state index in [4.69, 9.17) is 25.5 Å². The zero-order chi connectivity index (χ0) is 34.3. The molecule has 2 aliphatic rings. The molecule has 0 radical (unpaired) electrons. The topological polar surface area (TPSA) is 175 Å². The van der Waals surface area contributed by atoms with Crippen LogP contribution in [0.2, 0.25) is 0 Å². The lowest BCUT2D eigenvalue weighted by atomic mass is 9.94. The van der Waals surface area contributed by atoms with Crippen LogP contribution in [0, 0.1) is 23.0 Å². The van der Waals surface area contributed by atoms with Gasteiger partial charge in [-0.3, -0.25) is 9.48 Å². The Kier molecular flexibility index (Phi) is 9.13. The number of aromatic nitrogens is 2. The number of fused-ring (bicyclic) bond motifs is 2. The molecule has 1 atom stereocenters. The first-order valence-corrected chi connectivity index (χ1v) is 13.4. The zero-order valence-electron chi connectivity index (χ0n) is 22.6. The van der Waals surface area contributed by atoms with Crippen molar-refractivity contribution in [1.29, 1.82) is 5.26 Å². The van der Waals surface area contributed by atoms with E-state index in [-0.39, 0.29) is 43.7 Å². The van der Waals surface area contributed by atoms with E-state index in [0.29, 0.717) is 42.6 Å². The molecule has 0 aliphatic carbocycles. The second-order valence-corrected chi connectivity index (χ2v) is 10.6. The highest BCUT2D eigenvalue weighted by Gasteiger charge is 2.39. The third-order valence-electron chi connectivity index (χ3n) is 6.78. The van der Waals surface area contributed by atoms with E-state index < -0.39 is 35.9 Å². The fourth-order valence-corrected chi connectivity index (χ4v) is 5.83. The van der Waals surface area contributed by atoms with E-state index in [1.165, 1.54) is 24.4 Å². The van der Waals surface area contributed by atoms with Crippen LogP contribution in [-0.2, 0) is 16.1 Å². The molecular weight excluding hydrogens is 660 g/mol. The standard InChI is InChI=1S/C22H16F2N6OS.2C2HF3O2/c23-15-2-1-11(18-13(6-25)21(26)32-20(15)18)17-14-8-28-30-9-10-7-27-3-4-29(10)22(31)12(19(14)30)5-16(17)24;2*3-2(4,5)1(6)7/h1-2,5,8,10,27H,3-4,7,9,26H2;2*(H,6,7)/t10-;;/m0../s1. The summed E-state index contributed by atoms with van der Waals surface area (Å²) in [6.45, 7) is 2.33. The van der Waals surface area contributed by atoms with Gasteiger partial charge in [-0.05, 0) is 17.7 Å². The number of nitrogens with one attached hydrogen (secondary N) is 1. The highest BCUT2D eigenvalue weighted by Crippen LogP contribution is 2.44. The van der Waals surface area contributed by atoms with Crippen LogP contribution >= 0.6 is 11.3 Å². The minimum Gasteiger partial charge on any atom is -0.475 e. The number of carboxylic acids is 2. The lowest BCUT2D eigenvalue weighted by Gasteiger charge is -2.34. The van der Waals surface area contributed by atoms with E-state index in [0.717, 1.165) is 11.3 Å². The number of carboxylic acid groups (broad SMARTS) is 2. The number of nitrogen functional groups attached to an aromatic ring is 1. The maximum atomic E-state index is 15.7. The molecule has 1 fully saturated rings. The summed E-state index contributed by atoms with van der Waals surface area (Å²) in [7, 11) is 0. The maximum Gasteiger partial charge on any atom is 0.490 e. The van der Waals surface area contributed by atoms with Crippen molar-refractivity contribution in [2.24, 2.45) is 0 Å². The van der Waals surface area contributed by atoms with Gasteiger partial charge < -0.3 is 26.2 Å². The SMILES string of the molecule is N#Cc1c(N)sc2c(F)ccc(-c3c(F)cc4c5c3cnn5C[C@@H]3CNCCN3C4=O)c12.O=C(O)C(F)(F)F.O=C(O)C(F)(F)F. The van der Waals surface area contributed by atoms with Crippen LogP contribution in [-0.4, -0.2) is 80.8 Å². The molecule has 0 unspecified atom stereocenters. The second-order valence-electron chi connectivity index (χ2n) is 9.58. The van der Waals surface area contributed by atoms with Gasteiger partial charge in [0.25, 0.3) is 5.91 Å². The molecule has 244 valence electrons. The Labute approximate surface area is 255 Å². The third kappa shape index (κ3) is 6.36. The van der Waals surface area contributed by atoms with Crippen LogP contribution in [0.3, 0.4) is 0 Å². The first-order chi connectivity index (χ1) is 21.4. The molecule has 2 aliphatic heterocycles. The van der Waals surface area contributed by atoms with Crippen LogP contribution in [0.1, 0.15) is 15.9 Å². The molecule has 2 aromatic heterocycles. The molecule has 4 aromatic rings. The molecule has 6 rings (SSSR count). The van der Waals surface area contributed by atoms with Gasteiger partial charge in [0.2, 0.25) is 0 Å². The van der Waals surface area contributed by atoms with Crippen molar-refractivity contribution in [2.75, 3.05) is 25.4 Å². The average molecular weight is 679 g/mol. The number of thiophene rings is 1. The van der Waals surface area contributed by atoms with Gasteiger partial charge in [0.05, 0.1) is 40.1 Å². The largest absolute Gasteiger partial charge is 0.490 e. The molecule has 0 saturated carbocycles. The summed E-state index contributed by atoms with van der Waals surface area (Å²) in [6, 6.07) is 5.87. The van der Waals surface area contributed by atoms with Gasteiger partial charge in [0.15, 0.2) is 0 Å². The predicted molar refractivity (Wildman–Crippen MR) is 145 cm³/mol. The number of hydrogen-bond donors (Lipinski definition) is 4. The number of benzene rings is 2. The number of amides is 1. The van der Waals surface area contributed by atoms with Gasteiger partial charge in [-0.25, -0.2) is 18.4 Å². The number of nitrogens with zero attached hydrogens (tertiary/aromatic N) is 4. The number of piperazine rings is 1. The lowest BCUT2D eigenvalue weighted by Crippen LogP contribution is -2.54. The van der Waals surface area contributed by atoms with Crippen molar-refractivity contribution in [3.63, 3.8) is 0 Å². The number of nitriles is 1. The molecule has 11 nitrogen and oxygen atoms in total. The van der Waals surface area contributed by atoms with Gasteiger partial charge in [-0.2, -0.15) is 36.7 Å². The Morgan fingerprint density at radius 2 is 1.67 bits per heavy atom. The summed E-state index contributed by atoms with van der Waals surface area (Å²) in [5.41, 5.74) is 7.41. The van der Waals surface area contributed by atoms with E-state index >= 15 is 4.39 Å².